The summed E-state index contributed by atoms with van der Waals surface area (Å²) in [5, 5.41) is 18.5. The van der Waals surface area contributed by atoms with Crippen molar-refractivity contribution in [2.75, 3.05) is 19.6 Å². The lowest BCUT2D eigenvalue weighted by atomic mass is 10.2. The van der Waals surface area contributed by atoms with Crippen LogP contribution in [-0.4, -0.2) is 53.1 Å². The average molecular weight is 317 g/mol. The number of aliphatic hydroxyl groups is 2. The van der Waals surface area contributed by atoms with Crippen LogP contribution in [0.4, 0.5) is 0 Å². The number of rotatable bonds is 7. The summed E-state index contributed by atoms with van der Waals surface area (Å²) in [5.41, 5.74) is 0. The summed E-state index contributed by atoms with van der Waals surface area (Å²) in [6.45, 7) is 7.29. The fourth-order valence-electron chi connectivity index (χ4n) is 1.36. The van der Waals surface area contributed by atoms with Gasteiger partial charge >= 0.3 is 0 Å². The highest BCUT2D eigenvalue weighted by atomic mass is 127. The minimum Gasteiger partial charge on any atom is -0.392 e. The third-order valence-corrected chi connectivity index (χ3v) is 2.58. The second-order valence-electron chi connectivity index (χ2n) is 3.82. The Morgan fingerprint density at radius 1 is 1.07 bits per heavy atom. The van der Waals surface area contributed by atoms with Gasteiger partial charge in [-0.1, -0.05) is 0 Å². The van der Waals surface area contributed by atoms with Crippen molar-refractivity contribution >= 4 is 23.0 Å². The molecule has 0 radical (unpaired) electrons. The van der Waals surface area contributed by atoms with E-state index in [1.165, 1.54) is 0 Å². The van der Waals surface area contributed by atoms with Gasteiger partial charge in [-0.05, 0) is 20.8 Å². The molecule has 5 heteroatoms. The van der Waals surface area contributed by atoms with Crippen LogP contribution in [0, 0.1) is 0 Å². The van der Waals surface area contributed by atoms with E-state index in [1.54, 1.807) is 13.8 Å². The molecule has 14 heavy (non-hydrogen) atoms. The summed E-state index contributed by atoms with van der Waals surface area (Å²) >= 11 is 1.86. The van der Waals surface area contributed by atoms with Crippen molar-refractivity contribution in [2.24, 2.45) is 0 Å². The van der Waals surface area contributed by atoms with Gasteiger partial charge < -0.3 is 13.3 Å². The Hall–Kier alpha value is 0.570. The zero-order chi connectivity index (χ0) is 11.1. The standard InChI is InChI=1S/C9H20INO3/c1-7(12)4-11(5-8(2)13)6-9(3)14-10/h7-9,12-13H,4-6H2,1-3H3. The molecule has 0 bridgehead atoms. The van der Waals surface area contributed by atoms with Gasteiger partial charge in [0.2, 0.25) is 0 Å². The van der Waals surface area contributed by atoms with Crippen molar-refractivity contribution in [1.29, 1.82) is 0 Å². The molecule has 0 spiro atoms. The van der Waals surface area contributed by atoms with Crippen LogP contribution in [0.5, 0.6) is 0 Å². The quantitative estimate of drug-likeness (QED) is 0.682. The van der Waals surface area contributed by atoms with Crippen LogP contribution >= 0.6 is 23.0 Å². The van der Waals surface area contributed by atoms with Crippen LogP contribution in [0.3, 0.4) is 0 Å². The Morgan fingerprint density at radius 2 is 1.50 bits per heavy atom. The van der Waals surface area contributed by atoms with Crippen molar-refractivity contribution in [1.82, 2.24) is 4.90 Å². The van der Waals surface area contributed by atoms with Gasteiger partial charge in [0.15, 0.2) is 0 Å². The monoisotopic (exact) mass is 317 g/mol. The lowest BCUT2D eigenvalue weighted by molar-refractivity contribution is 0.0669. The molecule has 3 atom stereocenters. The van der Waals surface area contributed by atoms with E-state index in [0.717, 1.165) is 6.54 Å². The molecule has 0 aliphatic rings. The molecule has 0 aliphatic heterocycles. The van der Waals surface area contributed by atoms with E-state index in [0.29, 0.717) is 13.1 Å². The highest BCUT2D eigenvalue weighted by Crippen LogP contribution is 2.03. The maximum atomic E-state index is 9.26. The van der Waals surface area contributed by atoms with Gasteiger partial charge in [-0.3, -0.25) is 4.90 Å². The summed E-state index contributed by atoms with van der Waals surface area (Å²) in [5.74, 6) is 0. The molecular weight excluding hydrogens is 297 g/mol. The van der Waals surface area contributed by atoms with Crippen LogP contribution in [0.15, 0.2) is 0 Å². The van der Waals surface area contributed by atoms with Crippen LogP contribution in [0.1, 0.15) is 20.8 Å². The van der Waals surface area contributed by atoms with Gasteiger partial charge in [-0.25, -0.2) is 0 Å². The summed E-state index contributed by atoms with van der Waals surface area (Å²) in [6.07, 6.45) is -0.654. The van der Waals surface area contributed by atoms with Crippen molar-refractivity contribution in [2.45, 2.75) is 39.1 Å². The van der Waals surface area contributed by atoms with Crippen molar-refractivity contribution in [3.05, 3.63) is 0 Å². The lowest BCUT2D eigenvalue weighted by Gasteiger charge is -2.26. The van der Waals surface area contributed by atoms with Crippen LogP contribution < -0.4 is 0 Å². The number of hydrogen-bond acceptors (Lipinski definition) is 4. The Balaban J connectivity index is 3.96. The van der Waals surface area contributed by atoms with Gasteiger partial charge in [0.1, 0.15) is 23.0 Å². The van der Waals surface area contributed by atoms with Crippen LogP contribution in [0.25, 0.3) is 0 Å². The normalized spacial score (nSPS) is 18.2. The zero-order valence-corrected chi connectivity index (χ0v) is 11.1. The van der Waals surface area contributed by atoms with Gasteiger partial charge in [-0.2, -0.15) is 0 Å². The van der Waals surface area contributed by atoms with Crippen molar-refractivity contribution < 1.29 is 13.3 Å². The molecule has 0 aromatic heterocycles. The van der Waals surface area contributed by atoms with Crippen LogP contribution in [-0.2, 0) is 3.07 Å². The number of nitrogens with zero attached hydrogens (tertiary/aromatic N) is 1. The van der Waals surface area contributed by atoms with E-state index in [2.05, 4.69) is 0 Å². The van der Waals surface area contributed by atoms with E-state index in [-0.39, 0.29) is 18.3 Å². The number of halogens is 1. The van der Waals surface area contributed by atoms with E-state index in [9.17, 15) is 10.2 Å². The predicted octanol–water partition coefficient (Wildman–Crippen LogP) is 0.805. The van der Waals surface area contributed by atoms with Crippen LogP contribution in [0.2, 0.25) is 0 Å². The third-order valence-electron chi connectivity index (χ3n) is 1.71. The first-order valence-electron chi connectivity index (χ1n) is 4.81. The van der Waals surface area contributed by atoms with Gasteiger partial charge in [-0.15, -0.1) is 0 Å². The van der Waals surface area contributed by atoms with Gasteiger partial charge in [0, 0.05) is 19.6 Å². The first kappa shape index (κ1) is 14.6. The molecule has 0 saturated heterocycles. The highest BCUT2D eigenvalue weighted by Gasteiger charge is 2.14. The molecule has 0 saturated carbocycles. The van der Waals surface area contributed by atoms with Gasteiger partial charge in [0.05, 0.1) is 18.3 Å². The Kier molecular flexibility index (Phi) is 8.13. The molecule has 0 fully saturated rings. The summed E-state index contributed by atoms with van der Waals surface area (Å²) in [6, 6.07) is 0. The van der Waals surface area contributed by atoms with E-state index < -0.39 is 0 Å². The number of hydrogen-bond donors (Lipinski definition) is 2. The fourth-order valence-corrected chi connectivity index (χ4v) is 1.52. The summed E-state index contributed by atoms with van der Waals surface area (Å²) in [7, 11) is 0. The second kappa shape index (κ2) is 7.81. The molecule has 0 heterocycles. The molecular formula is C9H20INO3. The first-order valence-corrected chi connectivity index (χ1v) is 5.69. The average Bonchev–Trinajstić information content (AvgIpc) is 2.01. The van der Waals surface area contributed by atoms with E-state index in [4.69, 9.17) is 3.07 Å². The highest BCUT2D eigenvalue weighted by molar-refractivity contribution is 14.1. The minimum absolute atomic E-state index is 0.105. The maximum Gasteiger partial charge on any atom is 0.110 e. The maximum absolute atomic E-state index is 9.26. The molecule has 0 aromatic rings. The third kappa shape index (κ3) is 7.93. The molecule has 0 aliphatic carbocycles. The Bertz CT molecular complexity index is 134. The molecule has 4 nitrogen and oxygen atoms in total. The second-order valence-corrected chi connectivity index (χ2v) is 4.32. The van der Waals surface area contributed by atoms with E-state index in [1.807, 2.05) is 34.8 Å². The van der Waals surface area contributed by atoms with Gasteiger partial charge in [0.25, 0.3) is 0 Å². The minimum atomic E-state index is -0.379. The molecule has 86 valence electrons. The Labute approximate surface area is 99.9 Å². The fraction of sp³-hybridized carbons (Fsp3) is 1.00. The molecule has 0 rings (SSSR count). The molecule has 0 aromatic carbocycles. The lowest BCUT2D eigenvalue weighted by Crippen LogP contribution is -2.40. The van der Waals surface area contributed by atoms with Crippen molar-refractivity contribution in [3.63, 3.8) is 0 Å². The smallest absolute Gasteiger partial charge is 0.110 e. The summed E-state index contributed by atoms with van der Waals surface area (Å²) in [4.78, 5) is 2.00. The predicted molar refractivity (Wildman–Crippen MR) is 64.4 cm³/mol. The molecule has 0 amide bonds. The largest absolute Gasteiger partial charge is 0.392 e. The topological polar surface area (TPSA) is 52.9 Å². The number of aliphatic hydroxyl groups excluding tert-OH is 2. The Morgan fingerprint density at radius 3 is 1.79 bits per heavy atom. The SMILES string of the molecule is CC(O)CN(CC(C)O)CC(C)OI. The van der Waals surface area contributed by atoms with Crippen molar-refractivity contribution in [3.8, 4) is 0 Å². The van der Waals surface area contributed by atoms with E-state index >= 15 is 0 Å². The first-order chi connectivity index (χ1) is 6.45. The summed E-state index contributed by atoms with van der Waals surface area (Å²) < 4.78 is 5.11. The molecule has 3 unspecified atom stereocenters. The zero-order valence-electron chi connectivity index (χ0n) is 8.98. The molecule has 2 N–H and O–H groups in total.